The van der Waals surface area contributed by atoms with E-state index in [-0.39, 0.29) is 0 Å². The number of hydrogen-bond donors (Lipinski definition) is 1. The normalized spacial score (nSPS) is 19.9. The summed E-state index contributed by atoms with van der Waals surface area (Å²) in [5, 5.41) is 3.36. The Hall–Kier alpha value is -0.870. The van der Waals surface area contributed by atoms with Crippen molar-refractivity contribution >= 4 is 0 Å². The minimum atomic E-state index is 0.473. The topological polar surface area (TPSA) is 41.3 Å². The summed E-state index contributed by atoms with van der Waals surface area (Å²) in [6, 6.07) is 0. The van der Waals surface area contributed by atoms with Crippen molar-refractivity contribution in [3.8, 4) is 0 Å². The molecule has 4 heteroatoms. The average molecular weight is 223 g/mol. The van der Waals surface area contributed by atoms with E-state index in [2.05, 4.69) is 29.0 Å². The molecule has 0 spiro atoms. The van der Waals surface area contributed by atoms with Crippen molar-refractivity contribution in [1.29, 1.82) is 0 Å². The molecule has 1 saturated heterocycles. The molecule has 1 atom stereocenters. The Bertz CT molecular complexity index is 318. The highest BCUT2D eigenvalue weighted by molar-refractivity contribution is 5.11. The molecule has 0 saturated carbocycles. The highest BCUT2D eigenvalue weighted by Gasteiger charge is 2.18. The second-order valence-corrected chi connectivity index (χ2v) is 4.50. The summed E-state index contributed by atoms with van der Waals surface area (Å²) in [5.41, 5.74) is 1.12. The fourth-order valence-electron chi connectivity index (χ4n) is 2.06. The zero-order chi connectivity index (χ0) is 11.4. The van der Waals surface area contributed by atoms with Crippen LogP contribution in [0.3, 0.4) is 0 Å². The van der Waals surface area contributed by atoms with Crippen LogP contribution in [-0.2, 0) is 6.54 Å². The lowest BCUT2D eigenvalue weighted by Crippen LogP contribution is -2.43. The molecule has 0 radical (unpaired) electrons. The van der Waals surface area contributed by atoms with Gasteiger partial charge in [0.15, 0.2) is 6.39 Å². The number of hydrogen-bond acceptors (Lipinski definition) is 4. The van der Waals surface area contributed by atoms with Gasteiger partial charge in [0, 0.05) is 38.6 Å². The third-order valence-corrected chi connectivity index (χ3v) is 3.32. The monoisotopic (exact) mass is 223 g/mol. The lowest BCUT2D eigenvalue weighted by molar-refractivity contribution is 0.229. The Morgan fingerprint density at radius 2 is 2.25 bits per heavy atom. The molecule has 0 aromatic carbocycles. The molecule has 2 heterocycles. The molecule has 1 aliphatic rings. The first-order valence-electron chi connectivity index (χ1n) is 6.16. The molecule has 1 aromatic rings. The zero-order valence-corrected chi connectivity index (χ0v) is 10.2. The van der Waals surface area contributed by atoms with Gasteiger partial charge in [-0.25, -0.2) is 4.98 Å². The number of rotatable bonds is 4. The lowest BCUT2D eigenvalue weighted by Gasteiger charge is -2.26. The molecule has 0 amide bonds. The molecular weight excluding hydrogens is 202 g/mol. The van der Waals surface area contributed by atoms with Gasteiger partial charge >= 0.3 is 0 Å². The predicted octanol–water partition coefficient (Wildman–Crippen LogP) is 1.59. The Morgan fingerprint density at radius 1 is 1.50 bits per heavy atom. The van der Waals surface area contributed by atoms with Gasteiger partial charge in [-0.05, 0) is 6.42 Å². The van der Waals surface area contributed by atoms with E-state index in [9.17, 15) is 0 Å². The molecule has 4 nitrogen and oxygen atoms in total. The molecule has 1 fully saturated rings. The molecule has 1 N–H and O–H groups in total. The maximum Gasteiger partial charge on any atom is 0.181 e. The summed E-state index contributed by atoms with van der Waals surface area (Å²) in [6.07, 6.45) is 2.68. The Balaban J connectivity index is 2.00. The summed E-state index contributed by atoms with van der Waals surface area (Å²) in [6.45, 7) is 9.67. The van der Waals surface area contributed by atoms with Crippen LogP contribution in [0.1, 0.15) is 37.6 Å². The van der Waals surface area contributed by atoms with Crippen molar-refractivity contribution in [3.63, 3.8) is 0 Å². The molecular formula is C12H21N3O. The first kappa shape index (κ1) is 11.6. The van der Waals surface area contributed by atoms with Crippen LogP contribution < -0.4 is 5.32 Å². The van der Waals surface area contributed by atoms with E-state index in [1.54, 1.807) is 6.39 Å². The first-order valence-corrected chi connectivity index (χ1v) is 6.16. The number of nitrogens with zero attached hydrogens (tertiary/aromatic N) is 2. The van der Waals surface area contributed by atoms with E-state index >= 15 is 0 Å². The van der Waals surface area contributed by atoms with E-state index in [0.717, 1.165) is 50.6 Å². The molecule has 2 rings (SSSR count). The Kier molecular flexibility index (Phi) is 3.96. The van der Waals surface area contributed by atoms with Gasteiger partial charge in [-0.15, -0.1) is 0 Å². The highest BCUT2D eigenvalue weighted by atomic mass is 16.3. The van der Waals surface area contributed by atoms with Crippen LogP contribution in [0.25, 0.3) is 0 Å². The van der Waals surface area contributed by atoms with E-state index in [1.807, 2.05) is 0 Å². The minimum Gasteiger partial charge on any atom is -0.448 e. The number of piperazine rings is 1. The Labute approximate surface area is 97.0 Å². The predicted molar refractivity (Wildman–Crippen MR) is 63.4 cm³/mol. The molecule has 0 aliphatic carbocycles. The van der Waals surface area contributed by atoms with Gasteiger partial charge in [-0.3, -0.25) is 4.90 Å². The van der Waals surface area contributed by atoms with Gasteiger partial charge in [0.2, 0.25) is 0 Å². The largest absolute Gasteiger partial charge is 0.448 e. The van der Waals surface area contributed by atoms with Crippen LogP contribution in [0.4, 0.5) is 0 Å². The standard InChI is InChI=1S/C12H21N3O/c1-3-10(2)12-11(14-9-16-12)8-15-6-4-13-5-7-15/h9-10,13H,3-8H2,1-2H3. The molecule has 1 aliphatic heterocycles. The summed E-state index contributed by atoms with van der Waals surface area (Å²) in [4.78, 5) is 6.78. The van der Waals surface area contributed by atoms with Crippen molar-refractivity contribution in [2.45, 2.75) is 32.7 Å². The number of nitrogens with one attached hydrogen (secondary N) is 1. The average Bonchev–Trinajstić information content (AvgIpc) is 2.77. The first-order chi connectivity index (χ1) is 7.81. The summed E-state index contributed by atoms with van der Waals surface area (Å²) in [7, 11) is 0. The number of aromatic nitrogens is 1. The molecule has 90 valence electrons. The smallest absolute Gasteiger partial charge is 0.181 e. The fraction of sp³-hybridized carbons (Fsp3) is 0.750. The third kappa shape index (κ3) is 2.62. The lowest BCUT2D eigenvalue weighted by atomic mass is 10.0. The van der Waals surface area contributed by atoms with Gasteiger partial charge < -0.3 is 9.73 Å². The van der Waals surface area contributed by atoms with Gasteiger partial charge in [-0.1, -0.05) is 13.8 Å². The molecule has 1 aromatic heterocycles. The van der Waals surface area contributed by atoms with Gasteiger partial charge in [0.1, 0.15) is 5.76 Å². The van der Waals surface area contributed by atoms with E-state index in [0.29, 0.717) is 5.92 Å². The highest BCUT2D eigenvalue weighted by Crippen LogP contribution is 2.22. The van der Waals surface area contributed by atoms with Crippen molar-refractivity contribution in [2.24, 2.45) is 0 Å². The van der Waals surface area contributed by atoms with Crippen LogP contribution >= 0.6 is 0 Å². The van der Waals surface area contributed by atoms with Crippen molar-refractivity contribution in [1.82, 2.24) is 15.2 Å². The van der Waals surface area contributed by atoms with E-state index in [1.165, 1.54) is 0 Å². The molecule has 16 heavy (non-hydrogen) atoms. The quantitative estimate of drug-likeness (QED) is 0.841. The van der Waals surface area contributed by atoms with Gasteiger partial charge in [0.05, 0.1) is 5.69 Å². The van der Waals surface area contributed by atoms with Crippen molar-refractivity contribution < 1.29 is 4.42 Å². The summed E-state index contributed by atoms with van der Waals surface area (Å²) >= 11 is 0. The van der Waals surface area contributed by atoms with Gasteiger partial charge in [0.25, 0.3) is 0 Å². The SMILES string of the molecule is CCC(C)c1ocnc1CN1CCNCC1. The van der Waals surface area contributed by atoms with Crippen LogP contribution in [0, 0.1) is 0 Å². The maximum atomic E-state index is 5.51. The Morgan fingerprint density at radius 3 is 2.94 bits per heavy atom. The maximum absolute atomic E-state index is 5.51. The van der Waals surface area contributed by atoms with E-state index < -0.39 is 0 Å². The van der Waals surface area contributed by atoms with Crippen molar-refractivity contribution in [3.05, 3.63) is 17.8 Å². The third-order valence-electron chi connectivity index (χ3n) is 3.32. The molecule has 1 unspecified atom stereocenters. The zero-order valence-electron chi connectivity index (χ0n) is 10.2. The molecule has 0 bridgehead atoms. The van der Waals surface area contributed by atoms with Crippen LogP contribution in [-0.4, -0.2) is 36.1 Å². The van der Waals surface area contributed by atoms with Crippen molar-refractivity contribution in [2.75, 3.05) is 26.2 Å². The fourth-order valence-corrected chi connectivity index (χ4v) is 2.06. The van der Waals surface area contributed by atoms with E-state index in [4.69, 9.17) is 4.42 Å². The summed E-state index contributed by atoms with van der Waals surface area (Å²) < 4.78 is 5.51. The van der Waals surface area contributed by atoms with Crippen LogP contribution in [0.15, 0.2) is 10.8 Å². The minimum absolute atomic E-state index is 0.473. The second kappa shape index (κ2) is 5.46. The van der Waals surface area contributed by atoms with Crippen LogP contribution in [0.2, 0.25) is 0 Å². The number of oxazole rings is 1. The second-order valence-electron chi connectivity index (χ2n) is 4.50. The summed E-state index contributed by atoms with van der Waals surface area (Å²) in [5.74, 6) is 1.54. The van der Waals surface area contributed by atoms with Gasteiger partial charge in [-0.2, -0.15) is 0 Å². The van der Waals surface area contributed by atoms with Crippen LogP contribution in [0.5, 0.6) is 0 Å².